The lowest BCUT2D eigenvalue weighted by molar-refractivity contribution is -0.144. The summed E-state index contributed by atoms with van der Waals surface area (Å²) in [5.41, 5.74) is 2.38. The van der Waals surface area contributed by atoms with Gasteiger partial charge in [0.25, 0.3) is 0 Å². The first-order valence-corrected chi connectivity index (χ1v) is 9.99. The van der Waals surface area contributed by atoms with Crippen LogP contribution in [0.25, 0.3) is 10.6 Å². The van der Waals surface area contributed by atoms with Crippen LogP contribution in [0.1, 0.15) is 11.3 Å². The molecule has 0 aliphatic heterocycles. The predicted molar refractivity (Wildman–Crippen MR) is 114 cm³/mol. The third-order valence-electron chi connectivity index (χ3n) is 4.34. The van der Waals surface area contributed by atoms with Crippen molar-refractivity contribution in [2.45, 2.75) is 13.0 Å². The van der Waals surface area contributed by atoms with Crippen LogP contribution in [0.5, 0.6) is 23.0 Å². The van der Waals surface area contributed by atoms with Crippen LogP contribution in [0.4, 0.5) is 0 Å². The third-order valence-corrected chi connectivity index (χ3v) is 5.28. The Balaban J connectivity index is 1.62. The number of rotatable bonds is 9. The Kier molecular flexibility index (Phi) is 7.13. The molecule has 7 nitrogen and oxygen atoms in total. The van der Waals surface area contributed by atoms with E-state index in [0.717, 1.165) is 16.3 Å². The van der Waals surface area contributed by atoms with E-state index in [9.17, 15) is 4.79 Å². The number of benzene rings is 2. The lowest BCUT2D eigenvalue weighted by Gasteiger charge is -2.13. The molecule has 8 heteroatoms. The van der Waals surface area contributed by atoms with E-state index in [1.807, 2.05) is 29.6 Å². The average Bonchev–Trinajstić information content (AvgIpc) is 3.26. The van der Waals surface area contributed by atoms with Crippen molar-refractivity contribution in [1.29, 1.82) is 0 Å². The highest BCUT2D eigenvalue weighted by molar-refractivity contribution is 7.13. The van der Waals surface area contributed by atoms with Crippen molar-refractivity contribution in [2.24, 2.45) is 0 Å². The molecule has 0 aliphatic carbocycles. The molecular weight excluding hydrogens is 406 g/mol. The topological polar surface area (TPSA) is 76.1 Å². The number of thiazole rings is 1. The highest BCUT2D eigenvalue weighted by Crippen LogP contribution is 2.38. The molecule has 0 unspecified atom stereocenters. The molecule has 1 heterocycles. The van der Waals surface area contributed by atoms with Crippen molar-refractivity contribution in [1.82, 2.24) is 4.98 Å². The van der Waals surface area contributed by atoms with Gasteiger partial charge in [-0.15, -0.1) is 11.3 Å². The summed E-state index contributed by atoms with van der Waals surface area (Å²) in [4.78, 5) is 16.8. The van der Waals surface area contributed by atoms with Gasteiger partial charge in [0, 0.05) is 10.9 Å². The minimum atomic E-state index is -0.372. The lowest BCUT2D eigenvalue weighted by Crippen LogP contribution is -2.09. The Hall–Kier alpha value is -3.26. The molecule has 0 spiro atoms. The van der Waals surface area contributed by atoms with Gasteiger partial charge in [0.1, 0.15) is 17.4 Å². The zero-order valence-electron chi connectivity index (χ0n) is 17.3. The minimum absolute atomic E-state index is 0.0756. The van der Waals surface area contributed by atoms with Crippen molar-refractivity contribution in [3.05, 3.63) is 53.0 Å². The van der Waals surface area contributed by atoms with Crippen molar-refractivity contribution >= 4 is 17.3 Å². The number of nitrogens with zero attached hydrogens (tertiary/aromatic N) is 1. The Bertz CT molecular complexity index is 974. The fourth-order valence-electron chi connectivity index (χ4n) is 2.85. The van der Waals surface area contributed by atoms with Crippen LogP contribution in [0.2, 0.25) is 0 Å². The first kappa shape index (κ1) is 21.4. The van der Waals surface area contributed by atoms with Gasteiger partial charge in [-0.25, -0.2) is 4.98 Å². The van der Waals surface area contributed by atoms with E-state index < -0.39 is 0 Å². The van der Waals surface area contributed by atoms with Gasteiger partial charge < -0.3 is 23.7 Å². The van der Waals surface area contributed by atoms with E-state index in [1.54, 1.807) is 19.2 Å². The highest BCUT2D eigenvalue weighted by Gasteiger charge is 2.16. The Morgan fingerprint density at radius 2 is 1.60 bits per heavy atom. The summed E-state index contributed by atoms with van der Waals surface area (Å²) in [5.74, 6) is 1.87. The number of aromatic nitrogens is 1. The molecule has 0 atom stereocenters. The molecule has 0 N–H and O–H groups in total. The maximum absolute atomic E-state index is 12.3. The third kappa shape index (κ3) is 5.01. The SMILES string of the molecule is COc1ccc(-c2nc(COC(=O)Cc3cc(OC)c(OC)c(OC)c3)cs2)cc1. The number of methoxy groups -OCH3 is 4. The molecule has 158 valence electrons. The number of ether oxygens (including phenoxy) is 5. The number of carbonyl (C=O) groups excluding carboxylic acids is 1. The zero-order chi connectivity index (χ0) is 21.5. The quantitative estimate of drug-likeness (QED) is 0.473. The second-order valence-corrected chi connectivity index (χ2v) is 7.10. The first-order valence-electron chi connectivity index (χ1n) is 9.11. The molecule has 2 aromatic carbocycles. The number of hydrogen-bond donors (Lipinski definition) is 0. The van der Waals surface area contributed by atoms with Gasteiger partial charge in [-0.1, -0.05) is 0 Å². The molecule has 0 fully saturated rings. The largest absolute Gasteiger partial charge is 0.497 e. The predicted octanol–water partition coefficient (Wildman–Crippen LogP) is 4.13. The van der Waals surface area contributed by atoms with E-state index >= 15 is 0 Å². The summed E-state index contributed by atoms with van der Waals surface area (Å²) in [6, 6.07) is 11.1. The minimum Gasteiger partial charge on any atom is -0.497 e. The summed E-state index contributed by atoms with van der Waals surface area (Å²) in [7, 11) is 6.22. The van der Waals surface area contributed by atoms with Crippen molar-refractivity contribution in [2.75, 3.05) is 28.4 Å². The average molecular weight is 429 g/mol. The van der Waals surface area contributed by atoms with E-state index in [-0.39, 0.29) is 19.0 Å². The summed E-state index contributed by atoms with van der Waals surface area (Å²) >= 11 is 1.50. The summed E-state index contributed by atoms with van der Waals surface area (Å²) in [6.45, 7) is 0.107. The van der Waals surface area contributed by atoms with Gasteiger partial charge in [-0.3, -0.25) is 4.79 Å². The van der Waals surface area contributed by atoms with Crippen LogP contribution in [-0.4, -0.2) is 39.4 Å². The van der Waals surface area contributed by atoms with E-state index in [4.69, 9.17) is 23.7 Å². The lowest BCUT2D eigenvalue weighted by atomic mass is 10.1. The van der Waals surface area contributed by atoms with E-state index in [0.29, 0.717) is 28.5 Å². The van der Waals surface area contributed by atoms with Crippen LogP contribution in [0.15, 0.2) is 41.8 Å². The molecule has 0 radical (unpaired) electrons. The molecule has 3 aromatic rings. The van der Waals surface area contributed by atoms with Gasteiger partial charge in [0.2, 0.25) is 5.75 Å². The van der Waals surface area contributed by atoms with Crippen molar-refractivity contribution in [3.8, 4) is 33.6 Å². The van der Waals surface area contributed by atoms with Gasteiger partial charge in [0.15, 0.2) is 11.5 Å². The van der Waals surface area contributed by atoms with Gasteiger partial charge in [-0.2, -0.15) is 0 Å². The monoisotopic (exact) mass is 429 g/mol. The number of esters is 1. The smallest absolute Gasteiger partial charge is 0.310 e. The fraction of sp³-hybridized carbons (Fsp3) is 0.273. The Labute approximate surface area is 179 Å². The second kappa shape index (κ2) is 9.98. The van der Waals surface area contributed by atoms with Gasteiger partial charge >= 0.3 is 5.97 Å². The first-order chi connectivity index (χ1) is 14.6. The van der Waals surface area contributed by atoms with Crippen molar-refractivity contribution in [3.63, 3.8) is 0 Å². The second-order valence-electron chi connectivity index (χ2n) is 6.24. The van der Waals surface area contributed by atoms with Gasteiger partial charge in [0.05, 0.1) is 40.6 Å². The van der Waals surface area contributed by atoms with Crippen LogP contribution in [-0.2, 0) is 22.6 Å². The molecule has 0 bridgehead atoms. The summed E-state index contributed by atoms with van der Waals surface area (Å²) < 4.78 is 26.5. The summed E-state index contributed by atoms with van der Waals surface area (Å²) in [5, 5.41) is 2.74. The molecule has 1 aromatic heterocycles. The normalized spacial score (nSPS) is 10.4. The molecule has 0 saturated heterocycles. The fourth-order valence-corrected chi connectivity index (χ4v) is 3.66. The van der Waals surface area contributed by atoms with Crippen LogP contribution in [0.3, 0.4) is 0 Å². The van der Waals surface area contributed by atoms with Crippen LogP contribution >= 0.6 is 11.3 Å². The highest BCUT2D eigenvalue weighted by atomic mass is 32.1. The van der Waals surface area contributed by atoms with Gasteiger partial charge in [-0.05, 0) is 42.0 Å². The molecule has 0 saturated carbocycles. The van der Waals surface area contributed by atoms with E-state index in [1.165, 1.54) is 32.7 Å². The number of hydrogen-bond acceptors (Lipinski definition) is 8. The Morgan fingerprint density at radius 1 is 0.933 bits per heavy atom. The van der Waals surface area contributed by atoms with Crippen LogP contribution < -0.4 is 18.9 Å². The zero-order valence-corrected chi connectivity index (χ0v) is 18.1. The standard InChI is InChI=1S/C22H23NO6S/c1-25-17-7-5-15(6-8-17)22-23-16(13-30-22)12-29-20(24)11-14-9-18(26-2)21(28-4)19(10-14)27-3/h5-10,13H,11-12H2,1-4H3. The molecule has 30 heavy (non-hydrogen) atoms. The molecule has 0 amide bonds. The van der Waals surface area contributed by atoms with E-state index in [2.05, 4.69) is 4.98 Å². The molecule has 3 rings (SSSR count). The maximum atomic E-state index is 12.3. The number of carbonyl (C=O) groups is 1. The Morgan fingerprint density at radius 3 is 2.17 bits per heavy atom. The molecule has 0 aliphatic rings. The van der Waals surface area contributed by atoms with Crippen LogP contribution in [0, 0.1) is 0 Å². The molecular formula is C22H23NO6S. The van der Waals surface area contributed by atoms with Crippen molar-refractivity contribution < 1.29 is 28.5 Å². The maximum Gasteiger partial charge on any atom is 0.310 e. The summed E-state index contributed by atoms with van der Waals surface area (Å²) in [6.07, 6.45) is 0.0756.